The van der Waals surface area contributed by atoms with Crippen LogP contribution in [0, 0.1) is 0 Å². The summed E-state index contributed by atoms with van der Waals surface area (Å²) < 4.78 is 11.8. The van der Waals surface area contributed by atoms with Crippen molar-refractivity contribution in [1.82, 2.24) is 9.55 Å². The van der Waals surface area contributed by atoms with Crippen molar-refractivity contribution in [2.75, 3.05) is 14.2 Å². The predicted molar refractivity (Wildman–Crippen MR) is 99.8 cm³/mol. The van der Waals surface area contributed by atoms with Gasteiger partial charge in [-0.3, -0.25) is 14.2 Å². The van der Waals surface area contributed by atoms with E-state index >= 15 is 0 Å². The molecule has 0 saturated carbocycles. The van der Waals surface area contributed by atoms with Gasteiger partial charge in [-0.05, 0) is 43.0 Å². The van der Waals surface area contributed by atoms with E-state index in [1.165, 1.54) is 30.0 Å². The molecule has 0 fully saturated rings. The second kappa shape index (κ2) is 6.57. The first-order valence-corrected chi connectivity index (χ1v) is 9.19. The number of nitrogens with zero attached hydrogens (tertiary/aromatic N) is 2. The van der Waals surface area contributed by atoms with Crippen LogP contribution in [0.5, 0.6) is 11.5 Å². The van der Waals surface area contributed by atoms with Crippen molar-refractivity contribution in [2.24, 2.45) is 0 Å². The van der Waals surface area contributed by atoms with E-state index in [2.05, 4.69) is 4.98 Å². The number of fused-ring (bicyclic) bond motifs is 3. The Morgan fingerprint density at radius 3 is 2.88 bits per heavy atom. The minimum absolute atomic E-state index is 0.0874. The van der Waals surface area contributed by atoms with Crippen molar-refractivity contribution < 1.29 is 14.3 Å². The van der Waals surface area contributed by atoms with Gasteiger partial charge in [0.05, 0.1) is 38.0 Å². The quantitative estimate of drug-likeness (QED) is 0.646. The topological polar surface area (TPSA) is 70.4 Å². The fourth-order valence-electron chi connectivity index (χ4n) is 3.40. The highest BCUT2D eigenvalue weighted by Crippen LogP contribution is 2.34. The number of carbonyl (C=O) groups is 1. The molecule has 0 unspecified atom stereocenters. The number of carbonyl (C=O) groups excluding carboxylic acids is 1. The number of aryl methyl sites for hydroxylation is 2. The molecule has 0 N–H and O–H groups in total. The molecular weight excluding hydrogens is 352 g/mol. The summed E-state index contributed by atoms with van der Waals surface area (Å²) in [6.07, 6.45) is 4.45. The third kappa shape index (κ3) is 2.68. The average Bonchev–Trinajstić information content (AvgIpc) is 3.24. The molecule has 2 aromatic heterocycles. The molecule has 1 aliphatic carbocycles. The summed E-state index contributed by atoms with van der Waals surface area (Å²) in [5, 5.41) is 0.676. The fraction of sp³-hybridized carbons (Fsp3) is 0.316. The summed E-state index contributed by atoms with van der Waals surface area (Å²) in [7, 11) is 3.04. The molecule has 3 aromatic rings. The number of hydrogen-bond acceptors (Lipinski definition) is 6. The maximum Gasteiger partial charge on any atom is 0.262 e. The lowest BCUT2D eigenvalue weighted by Gasteiger charge is -2.10. The number of methoxy groups -OCH3 is 2. The zero-order valence-electron chi connectivity index (χ0n) is 14.6. The first kappa shape index (κ1) is 16.8. The van der Waals surface area contributed by atoms with Crippen LogP contribution >= 0.6 is 11.3 Å². The summed E-state index contributed by atoms with van der Waals surface area (Å²) in [5.74, 6) is 0.788. The Morgan fingerprint density at radius 2 is 2.12 bits per heavy atom. The third-order valence-electron chi connectivity index (χ3n) is 4.71. The minimum Gasteiger partial charge on any atom is -0.497 e. The van der Waals surface area contributed by atoms with Gasteiger partial charge < -0.3 is 9.47 Å². The standard InChI is InChI=1S/C19H18N2O4S/c1-24-11-6-7-15(25-2)13(8-11)14(22)9-21-10-20-18-17(19(21)23)12-4-3-5-16(12)26-18/h6-8,10H,3-5,9H2,1-2H3. The molecule has 0 spiro atoms. The van der Waals surface area contributed by atoms with E-state index < -0.39 is 0 Å². The number of benzene rings is 1. The number of Topliss-reactive ketones (excluding diaryl/α,β-unsaturated/α-hetero) is 1. The number of ether oxygens (including phenoxy) is 2. The van der Waals surface area contributed by atoms with Gasteiger partial charge in [0.1, 0.15) is 16.3 Å². The van der Waals surface area contributed by atoms with Crippen LogP contribution in [0.1, 0.15) is 27.2 Å². The number of aromatic nitrogens is 2. The zero-order chi connectivity index (χ0) is 18.3. The van der Waals surface area contributed by atoms with Crippen LogP contribution in [0.2, 0.25) is 0 Å². The van der Waals surface area contributed by atoms with Gasteiger partial charge in [0.15, 0.2) is 5.78 Å². The highest BCUT2D eigenvalue weighted by molar-refractivity contribution is 7.18. The summed E-state index contributed by atoms with van der Waals surface area (Å²) in [6.45, 7) is -0.0874. The molecular formula is C19H18N2O4S. The Balaban J connectivity index is 1.73. The van der Waals surface area contributed by atoms with Crippen LogP contribution in [0.4, 0.5) is 0 Å². The van der Waals surface area contributed by atoms with Crippen LogP contribution in [0.3, 0.4) is 0 Å². The Kier molecular flexibility index (Phi) is 4.24. The van der Waals surface area contributed by atoms with Crippen molar-refractivity contribution in [3.8, 4) is 11.5 Å². The molecule has 0 radical (unpaired) electrons. The molecule has 0 amide bonds. The molecule has 0 aliphatic heterocycles. The van der Waals surface area contributed by atoms with Crippen LogP contribution in [-0.2, 0) is 19.4 Å². The lowest BCUT2D eigenvalue weighted by molar-refractivity contribution is 0.0967. The van der Waals surface area contributed by atoms with E-state index in [0.717, 1.165) is 29.7 Å². The van der Waals surface area contributed by atoms with E-state index in [1.807, 2.05) is 0 Å². The summed E-state index contributed by atoms with van der Waals surface area (Å²) in [4.78, 5) is 32.1. The molecule has 2 heterocycles. The monoisotopic (exact) mass is 370 g/mol. The molecule has 0 atom stereocenters. The third-order valence-corrected chi connectivity index (χ3v) is 5.91. The Morgan fingerprint density at radius 1 is 1.27 bits per heavy atom. The van der Waals surface area contributed by atoms with Gasteiger partial charge in [0.2, 0.25) is 0 Å². The van der Waals surface area contributed by atoms with Crippen molar-refractivity contribution in [2.45, 2.75) is 25.8 Å². The van der Waals surface area contributed by atoms with Crippen molar-refractivity contribution in [3.63, 3.8) is 0 Å². The van der Waals surface area contributed by atoms with Gasteiger partial charge in [0.25, 0.3) is 5.56 Å². The molecule has 1 aliphatic rings. The van der Waals surface area contributed by atoms with Gasteiger partial charge >= 0.3 is 0 Å². The minimum atomic E-state index is -0.226. The van der Waals surface area contributed by atoms with Crippen LogP contribution in [0.25, 0.3) is 10.2 Å². The number of rotatable bonds is 5. The smallest absolute Gasteiger partial charge is 0.262 e. The lowest BCUT2D eigenvalue weighted by Crippen LogP contribution is -2.25. The van der Waals surface area contributed by atoms with E-state index in [0.29, 0.717) is 22.4 Å². The molecule has 0 saturated heterocycles. The fourth-order valence-corrected chi connectivity index (χ4v) is 4.62. The molecule has 134 valence electrons. The maximum atomic E-state index is 12.9. The predicted octanol–water partition coefficient (Wildman–Crippen LogP) is 2.85. The first-order valence-electron chi connectivity index (χ1n) is 8.37. The van der Waals surface area contributed by atoms with Crippen molar-refractivity contribution in [1.29, 1.82) is 0 Å². The van der Waals surface area contributed by atoms with Crippen LogP contribution in [-0.4, -0.2) is 29.6 Å². The van der Waals surface area contributed by atoms with Gasteiger partial charge in [-0.25, -0.2) is 4.98 Å². The SMILES string of the molecule is COc1ccc(OC)c(C(=O)Cn2cnc3sc4c(c3c2=O)CCC4)c1. The summed E-state index contributed by atoms with van der Waals surface area (Å²) in [5.41, 5.74) is 1.35. The van der Waals surface area contributed by atoms with Crippen LogP contribution in [0.15, 0.2) is 29.3 Å². The number of thiophene rings is 1. The van der Waals surface area contributed by atoms with E-state index in [9.17, 15) is 9.59 Å². The van der Waals surface area contributed by atoms with Crippen molar-refractivity contribution >= 4 is 27.3 Å². The van der Waals surface area contributed by atoms with E-state index in [4.69, 9.17) is 9.47 Å². The molecule has 4 rings (SSSR count). The largest absolute Gasteiger partial charge is 0.497 e. The maximum absolute atomic E-state index is 12.9. The van der Waals surface area contributed by atoms with Gasteiger partial charge in [0, 0.05) is 4.88 Å². The van der Waals surface area contributed by atoms with Gasteiger partial charge in [-0.15, -0.1) is 11.3 Å². The normalized spacial score (nSPS) is 13.0. The zero-order valence-corrected chi connectivity index (χ0v) is 15.4. The lowest BCUT2D eigenvalue weighted by atomic mass is 10.1. The second-order valence-corrected chi connectivity index (χ2v) is 7.29. The highest BCUT2D eigenvalue weighted by atomic mass is 32.1. The average molecular weight is 370 g/mol. The van der Waals surface area contributed by atoms with Gasteiger partial charge in [-0.1, -0.05) is 0 Å². The molecule has 6 nitrogen and oxygen atoms in total. The van der Waals surface area contributed by atoms with E-state index in [1.54, 1.807) is 29.5 Å². The van der Waals surface area contributed by atoms with Crippen molar-refractivity contribution in [3.05, 3.63) is 50.9 Å². The second-order valence-electron chi connectivity index (χ2n) is 6.20. The molecule has 7 heteroatoms. The summed E-state index contributed by atoms with van der Waals surface area (Å²) >= 11 is 1.59. The van der Waals surface area contributed by atoms with E-state index in [-0.39, 0.29) is 17.9 Å². The Labute approximate surface area is 154 Å². The van der Waals surface area contributed by atoms with Crippen LogP contribution < -0.4 is 15.0 Å². The van der Waals surface area contributed by atoms with Gasteiger partial charge in [-0.2, -0.15) is 0 Å². The number of ketones is 1. The summed E-state index contributed by atoms with van der Waals surface area (Å²) in [6, 6.07) is 5.03. The molecule has 1 aromatic carbocycles. The molecule has 26 heavy (non-hydrogen) atoms. The Hall–Kier alpha value is -2.67. The first-order chi connectivity index (χ1) is 12.6. The highest BCUT2D eigenvalue weighted by Gasteiger charge is 2.22. The Bertz CT molecular complexity index is 1070. The number of hydrogen-bond donors (Lipinski definition) is 0. The molecule has 0 bridgehead atoms.